The van der Waals surface area contributed by atoms with Gasteiger partial charge in [0.15, 0.2) is 0 Å². The third-order valence-corrected chi connectivity index (χ3v) is 4.26. The number of amides is 1. The minimum atomic E-state index is -0.799. The number of aliphatic carboxylic acids is 1. The number of rotatable bonds is 3. The maximum atomic E-state index is 12.4. The van der Waals surface area contributed by atoms with Crippen molar-refractivity contribution in [3.8, 4) is 0 Å². The van der Waals surface area contributed by atoms with E-state index < -0.39 is 5.97 Å². The van der Waals surface area contributed by atoms with Crippen molar-refractivity contribution < 1.29 is 14.7 Å². The van der Waals surface area contributed by atoms with Crippen molar-refractivity contribution in [3.05, 3.63) is 35.0 Å². The van der Waals surface area contributed by atoms with Gasteiger partial charge in [-0.1, -0.05) is 0 Å². The van der Waals surface area contributed by atoms with Crippen LogP contribution in [0.5, 0.6) is 0 Å². The first-order valence-corrected chi connectivity index (χ1v) is 7.05. The predicted molar refractivity (Wildman–Crippen MR) is 79.4 cm³/mol. The highest BCUT2D eigenvalue weighted by Crippen LogP contribution is 2.25. The Morgan fingerprint density at radius 1 is 1.33 bits per heavy atom. The molecule has 1 aromatic carbocycles. The van der Waals surface area contributed by atoms with Crippen molar-refractivity contribution in [1.29, 1.82) is 0 Å². The highest BCUT2D eigenvalue weighted by molar-refractivity contribution is 5.99. The smallest absolute Gasteiger partial charge is 0.303 e. The zero-order valence-electron chi connectivity index (χ0n) is 12.1. The van der Waals surface area contributed by atoms with Gasteiger partial charge in [-0.15, -0.1) is 0 Å². The molecule has 2 heterocycles. The molecule has 1 aliphatic heterocycles. The van der Waals surface area contributed by atoms with Crippen LogP contribution < -0.4 is 0 Å². The molecule has 110 valence electrons. The number of carbonyl (C=O) groups excluding carboxylic acids is 1. The molecule has 0 aliphatic carbocycles. The number of fused-ring (bicyclic) bond motifs is 1. The van der Waals surface area contributed by atoms with Gasteiger partial charge in [0.05, 0.1) is 6.42 Å². The van der Waals surface area contributed by atoms with Crippen LogP contribution in [-0.4, -0.2) is 40.0 Å². The molecule has 0 saturated carbocycles. The van der Waals surface area contributed by atoms with E-state index in [0.717, 1.165) is 22.2 Å². The molecule has 2 N–H and O–H groups in total. The van der Waals surface area contributed by atoms with Gasteiger partial charge >= 0.3 is 5.97 Å². The molecule has 2 aromatic rings. The third kappa shape index (κ3) is 2.39. The van der Waals surface area contributed by atoms with Crippen molar-refractivity contribution in [3.63, 3.8) is 0 Å². The summed E-state index contributed by atoms with van der Waals surface area (Å²) in [5.41, 5.74) is 3.97. The zero-order chi connectivity index (χ0) is 15.1. The van der Waals surface area contributed by atoms with Gasteiger partial charge in [-0.2, -0.15) is 0 Å². The van der Waals surface area contributed by atoms with Gasteiger partial charge in [-0.25, -0.2) is 0 Å². The molecule has 1 aromatic heterocycles. The number of hydrogen-bond donors (Lipinski definition) is 2. The number of H-pyrrole nitrogens is 1. The molecule has 0 radical (unpaired) electrons. The van der Waals surface area contributed by atoms with Crippen LogP contribution in [0.25, 0.3) is 10.9 Å². The lowest BCUT2D eigenvalue weighted by Crippen LogP contribution is -2.50. The maximum Gasteiger partial charge on any atom is 0.303 e. The van der Waals surface area contributed by atoms with E-state index in [2.05, 4.69) is 4.98 Å². The standard InChI is InChI=1S/C16H18N2O3/c1-9-10(2)17-14-4-3-12(6-13(9)14)16(21)18-7-11(8-18)5-15(19)20/h3-4,6,11,17H,5,7-8H2,1-2H3,(H,19,20). The summed E-state index contributed by atoms with van der Waals surface area (Å²) in [5.74, 6) is -0.727. The van der Waals surface area contributed by atoms with Gasteiger partial charge in [0.25, 0.3) is 5.91 Å². The first-order chi connectivity index (χ1) is 9.95. The van der Waals surface area contributed by atoms with Crippen LogP contribution in [0.3, 0.4) is 0 Å². The van der Waals surface area contributed by atoms with Crippen molar-refractivity contribution in [2.45, 2.75) is 20.3 Å². The van der Waals surface area contributed by atoms with Gasteiger partial charge in [0.1, 0.15) is 0 Å². The molecular weight excluding hydrogens is 268 g/mol. The lowest BCUT2D eigenvalue weighted by atomic mass is 9.95. The third-order valence-electron chi connectivity index (χ3n) is 4.26. The number of aryl methyl sites for hydroxylation is 2. The summed E-state index contributed by atoms with van der Waals surface area (Å²) >= 11 is 0. The van der Waals surface area contributed by atoms with E-state index in [9.17, 15) is 9.59 Å². The Balaban J connectivity index is 1.77. The van der Waals surface area contributed by atoms with Crippen molar-refractivity contribution in [2.24, 2.45) is 5.92 Å². The van der Waals surface area contributed by atoms with E-state index in [-0.39, 0.29) is 18.2 Å². The summed E-state index contributed by atoms with van der Waals surface area (Å²) in [6.07, 6.45) is 0.138. The normalized spacial score (nSPS) is 15.2. The fourth-order valence-corrected chi connectivity index (χ4v) is 2.89. The Morgan fingerprint density at radius 3 is 2.71 bits per heavy atom. The van der Waals surface area contributed by atoms with Crippen molar-refractivity contribution in [1.82, 2.24) is 9.88 Å². The average Bonchev–Trinajstić information content (AvgIpc) is 2.68. The topological polar surface area (TPSA) is 73.4 Å². The van der Waals surface area contributed by atoms with Gasteiger partial charge in [-0.3, -0.25) is 9.59 Å². The van der Waals surface area contributed by atoms with E-state index in [1.165, 1.54) is 0 Å². The molecule has 0 atom stereocenters. The Bertz CT molecular complexity index is 726. The quantitative estimate of drug-likeness (QED) is 0.909. The van der Waals surface area contributed by atoms with E-state index >= 15 is 0 Å². The highest BCUT2D eigenvalue weighted by Gasteiger charge is 2.32. The summed E-state index contributed by atoms with van der Waals surface area (Å²) in [4.78, 5) is 28.0. The molecule has 5 heteroatoms. The number of carboxylic acids is 1. The Labute approximate surface area is 122 Å². The number of nitrogens with zero attached hydrogens (tertiary/aromatic N) is 1. The first kappa shape index (κ1) is 13.7. The van der Waals surface area contributed by atoms with E-state index in [1.54, 1.807) is 4.90 Å². The number of carboxylic acid groups (broad SMARTS) is 1. The molecule has 1 fully saturated rings. The summed E-state index contributed by atoms with van der Waals surface area (Å²) in [6, 6.07) is 5.67. The molecule has 3 rings (SSSR count). The predicted octanol–water partition coefficient (Wildman–Crippen LogP) is 2.33. The average molecular weight is 286 g/mol. The minimum Gasteiger partial charge on any atom is -0.481 e. The van der Waals surface area contributed by atoms with Crippen LogP contribution in [-0.2, 0) is 4.79 Å². The Hall–Kier alpha value is -2.30. The number of likely N-dealkylation sites (tertiary alicyclic amines) is 1. The molecule has 21 heavy (non-hydrogen) atoms. The number of aromatic amines is 1. The molecular formula is C16H18N2O3. The van der Waals surface area contributed by atoms with Crippen LogP contribution in [0, 0.1) is 19.8 Å². The molecule has 1 saturated heterocycles. The van der Waals surface area contributed by atoms with Gasteiger partial charge in [0, 0.05) is 41.2 Å². The molecule has 1 aliphatic rings. The number of hydrogen-bond acceptors (Lipinski definition) is 2. The van der Waals surface area contributed by atoms with Crippen molar-refractivity contribution in [2.75, 3.05) is 13.1 Å². The second kappa shape index (κ2) is 4.91. The van der Waals surface area contributed by atoms with Crippen LogP contribution in [0.4, 0.5) is 0 Å². The van der Waals surface area contributed by atoms with Crippen LogP contribution in [0.2, 0.25) is 0 Å². The van der Waals surface area contributed by atoms with E-state index in [0.29, 0.717) is 18.7 Å². The number of benzene rings is 1. The van der Waals surface area contributed by atoms with E-state index in [1.807, 2.05) is 32.0 Å². The second-order valence-electron chi connectivity index (χ2n) is 5.81. The maximum absolute atomic E-state index is 12.4. The summed E-state index contributed by atoms with van der Waals surface area (Å²) < 4.78 is 0. The SMILES string of the molecule is Cc1[nH]c2ccc(C(=O)N3CC(CC(=O)O)C3)cc2c1C. The molecule has 0 unspecified atom stereocenters. The van der Waals surface area contributed by atoms with E-state index in [4.69, 9.17) is 5.11 Å². The summed E-state index contributed by atoms with van der Waals surface area (Å²) in [5, 5.41) is 9.81. The largest absolute Gasteiger partial charge is 0.481 e. The van der Waals surface area contributed by atoms with Gasteiger partial charge in [0.2, 0.25) is 0 Å². The molecule has 1 amide bonds. The summed E-state index contributed by atoms with van der Waals surface area (Å²) in [6.45, 7) is 5.13. The van der Waals surface area contributed by atoms with Crippen molar-refractivity contribution >= 4 is 22.8 Å². The lowest BCUT2D eigenvalue weighted by Gasteiger charge is -2.38. The second-order valence-corrected chi connectivity index (χ2v) is 5.81. The Morgan fingerprint density at radius 2 is 2.05 bits per heavy atom. The monoisotopic (exact) mass is 286 g/mol. The summed E-state index contributed by atoms with van der Waals surface area (Å²) in [7, 11) is 0. The van der Waals surface area contributed by atoms with Crippen LogP contribution in [0.1, 0.15) is 28.0 Å². The van der Waals surface area contributed by atoms with Gasteiger partial charge in [-0.05, 0) is 37.6 Å². The highest BCUT2D eigenvalue weighted by atomic mass is 16.4. The Kier molecular flexibility index (Phi) is 3.20. The van der Waals surface area contributed by atoms with Crippen LogP contribution >= 0.6 is 0 Å². The molecule has 5 nitrogen and oxygen atoms in total. The number of nitrogens with one attached hydrogen (secondary N) is 1. The van der Waals surface area contributed by atoms with Gasteiger partial charge < -0.3 is 15.0 Å². The van der Waals surface area contributed by atoms with Crippen LogP contribution in [0.15, 0.2) is 18.2 Å². The number of aromatic nitrogens is 1. The zero-order valence-corrected chi connectivity index (χ0v) is 12.1. The fraction of sp³-hybridized carbons (Fsp3) is 0.375. The fourth-order valence-electron chi connectivity index (χ4n) is 2.89. The molecule has 0 bridgehead atoms. The first-order valence-electron chi connectivity index (χ1n) is 7.05. The lowest BCUT2D eigenvalue weighted by molar-refractivity contribution is -0.139. The number of carbonyl (C=O) groups is 2. The molecule has 0 spiro atoms. The minimum absolute atomic E-state index is 0.0169.